The van der Waals surface area contributed by atoms with Crippen molar-refractivity contribution in [3.63, 3.8) is 0 Å². The summed E-state index contributed by atoms with van der Waals surface area (Å²) in [5.74, 6) is 2.87. The Bertz CT molecular complexity index is 1360. The van der Waals surface area contributed by atoms with Crippen molar-refractivity contribution in [3.05, 3.63) is 48.7 Å². The Hall–Kier alpha value is -3.85. The van der Waals surface area contributed by atoms with E-state index in [1.54, 1.807) is 56.8 Å². The predicted octanol–water partition coefficient (Wildman–Crippen LogP) is 4.26. The lowest BCUT2D eigenvalue weighted by molar-refractivity contribution is -0.148. The molecule has 2 unspecified atom stereocenters. The van der Waals surface area contributed by atoms with Gasteiger partial charge in [0.15, 0.2) is 11.5 Å². The number of ether oxygens (including phenoxy) is 4. The minimum absolute atomic E-state index is 0.0387. The summed E-state index contributed by atoms with van der Waals surface area (Å²) in [5.41, 5.74) is 0.391. The molecule has 1 aliphatic carbocycles. The number of piperidine rings is 1. The van der Waals surface area contributed by atoms with E-state index in [0.717, 1.165) is 11.8 Å². The highest BCUT2D eigenvalue weighted by Crippen LogP contribution is 2.49. The first-order chi connectivity index (χ1) is 18.5. The number of hydrogen-bond acceptors (Lipinski definition) is 7. The molecular formula is C29H31N3O6. The number of hydrogen-bond donors (Lipinski definition) is 1. The van der Waals surface area contributed by atoms with Gasteiger partial charge in [0.2, 0.25) is 11.8 Å². The first-order valence-corrected chi connectivity index (χ1v) is 13.0. The number of methoxy groups -OCH3 is 2. The minimum Gasteiger partial charge on any atom is -0.493 e. The molecule has 2 amide bonds. The first kappa shape index (κ1) is 24.5. The summed E-state index contributed by atoms with van der Waals surface area (Å²) >= 11 is 0. The molecule has 3 aromatic rings. The van der Waals surface area contributed by atoms with Crippen molar-refractivity contribution in [1.29, 1.82) is 0 Å². The van der Waals surface area contributed by atoms with E-state index in [1.807, 2.05) is 11.0 Å². The van der Waals surface area contributed by atoms with Crippen molar-refractivity contribution in [2.45, 2.75) is 19.3 Å². The number of aromatic nitrogens is 1. The van der Waals surface area contributed by atoms with Gasteiger partial charge >= 0.3 is 0 Å². The maximum atomic E-state index is 13.4. The number of pyridine rings is 1. The second-order valence-corrected chi connectivity index (χ2v) is 10.4. The SMILES string of the molecule is COc1cc2nccc(Oc3ccc(NC(=O)C4(C(=O)N5CC6COCC(C6)C5)CC4)cc3)c2cc1OC. The zero-order valence-corrected chi connectivity index (χ0v) is 21.6. The zero-order valence-electron chi connectivity index (χ0n) is 21.6. The molecule has 9 nitrogen and oxygen atoms in total. The number of anilines is 1. The largest absolute Gasteiger partial charge is 0.493 e. The number of amides is 2. The van der Waals surface area contributed by atoms with Crippen molar-refractivity contribution in [3.8, 4) is 23.0 Å². The van der Waals surface area contributed by atoms with Crippen LogP contribution >= 0.6 is 0 Å². The van der Waals surface area contributed by atoms with Crippen LogP contribution in [0.1, 0.15) is 19.3 Å². The van der Waals surface area contributed by atoms with Crippen LogP contribution in [0.2, 0.25) is 0 Å². The fraction of sp³-hybridized carbons (Fsp3) is 0.414. The lowest BCUT2D eigenvalue weighted by Gasteiger charge is -2.42. The lowest BCUT2D eigenvalue weighted by atomic mass is 9.87. The van der Waals surface area contributed by atoms with Crippen molar-refractivity contribution in [2.75, 3.05) is 45.8 Å². The summed E-state index contributed by atoms with van der Waals surface area (Å²) < 4.78 is 22.6. The van der Waals surface area contributed by atoms with Gasteiger partial charge in [-0.25, -0.2) is 0 Å². The normalized spacial score (nSPS) is 21.5. The summed E-state index contributed by atoms with van der Waals surface area (Å²) in [6.07, 6.45) is 3.95. The van der Waals surface area contributed by atoms with E-state index in [9.17, 15) is 9.59 Å². The Morgan fingerprint density at radius 2 is 1.66 bits per heavy atom. The Morgan fingerprint density at radius 1 is 0.974 bits per heavy atom. The summed E-state index contributed by atoms with van der Waals surface area (Å²) in [7, 11) is 3.17. The molecular weight excluding hydrogens is 486 g/mol. The average Bonchev–Trinajstić information content (AvgIpc) is 3.75. The quantitative estimate of drug-likeness (QED) is 0.468. The molecule has 2 saturated heterocycles. The molecule has 3 heterocycles. The molecule has 3 aliphatic rings. The van der Waals surface area contributed by atoms with Crippen LogP contribution in [0.3, 0.4) is 0 Å². The standard InChI is InChI=1S/C29H31N3O6/c1-35-25-12-22-23(13-26(25)36-2)30-10-7-24(22)38-21-5-3-20(4-6-21)31-27(33)29(8-9-29)28(34)32-14-18-11-19(15-32)17-37-16-18/h3-7,10,12-13,18-19H,8-9,11,14-17H2,1-2H3,(H,31,33). The van der Waals surface area contributed by atoms with E-state index in [2.05, 4.69) is 10.3 Å². The van der Waals surface area contributed by atoms with E-state index in [-0.39, 0.29) is 11.8 Å². The number of rotatable bonds is 7. The number of likely N-dealkylation sites (tertiary alicyclic amines) is 1. The molecule has 2 aliphatic heterocycles. The van der Waals surface area contributed by atoms with Crippen molar-refractivity contribution < 1.29 is 28.5 Å². The van der Waals surface area contributed by atoms with Gasteiger partial charge in [-0.15, -0.1) is 0 Å². The molecule has 2 bridgehead atoms. The van der Waals surface area contributed by atoms with Crippen LogP contribution in [0.25, 0.3) is 10.9 Å². The Kier molecular flexibility index (Phi) is 6.31. The third kappa shape index (κ3) is 4.51. The van der Waals surface area contributed by atoms with Crippen LogP contribution in [0.15, 0.2) is 48.7 Å². The number of benzene rings is 2. The molecule has 38 heavy (non-hydrogen) atoms. The molecule has 1 aromatic heterocycles. The van der Waals surface area contributed by atoms with E-state index >= 15 is 0 Å². The van der Waals surface area contributed by atoms with E-state index < -0.39 is 5.41 Å². The average molecular weight is 518 g/mol. The number of carbonyl (C=O) groups is 2. The second kappa shape index (κ2) is 9.79. The molecule has 0 spiro atoms. The van der Waals surface area contributed by atoms with Crippen LogP contribution in [0, 0.1) is 17.3 Å². The minimum atomic E-state index is -0.947. The van der Waals surface area contributed by atoms with E-state index in [4.69, 9.17) is 18.9 Å². The van der Waals surface area contributed by atoms with Gasteiger partial charge in [-0.1, -0.05) is 0 Å². The van der Waals surface area contributed by atoms with Crippen molar-refractivity contribution >= 4 is 28.4 Å². The van der Waals surface area contributed by atoms with E-state index in [1.165, 1.54) is 0 Å². The monoisotopic (exact) mass is 517 g/mol. The van der Waals surface area contributed by atoms with Crippen LogP contribution in [-0.2, 0) is 14.3 Å². The highest BCUT2D eigenvalue weighted by Gasteiger charge is 2.58. The summed E-state index contributed by atoms with van der Waals surface area (Å²) in [4.78, 5) is 32.9. The van der Waals surface area contributed by atoms with Gasteiger partial charge in [-0.2, -0.15) is 0 Å². The van der Waals surface area contributed by atoms with E-state index in [0.29, 0.717) is 85.2 Å². The Labute approximate surface area is 221 Å². The highest BCUT2D eigenvalue weighted by atomic mass is 16.5. The molecule has 1 saturated carbocycles. The van der Waals surface area contributed by atoms with Crippen LogP contribution in [0.4, 0.5) is 5.69 Å². The smallest absolute Gasteiger partial charge is 0.240 e. The van der Waals surface area contributed by atoms with Gasteiger partial charge in [0.25, 0.3) is 0 Å². The number of nitrogens with one attached hydrogen (secondary N) is 1. The number of carbonyl (C=O) groups excluding carboxylic acids is 2. The van der Waals surface area contributed by atoms with Gasteiger partial charge in [-0.3, -0.25) is 14.6 Å². The summed E-state index contributed by atoms with van der Waals surface area (Å²) in [6.45, 7) is 2.76. The summed E-state index contributed by atoms with van der Waals surface area (Å²) in [6, 6.07) is 12.6. The lowest BCUT2D eigenvalue weighted by Crippen LogP contribution is -2.52. The topological polar surface area (TPSA) is 99.2 Å². The van der Waals surface area contributed by atoms with Crippen LogP contribution in [-0.4, -0.2) is 62.2 Å². The third-order valence-corrected chi connectivity index (χ3v) is 7.76. The van der Waals surface area contributed by atoms with Gasteiger partial charge < -0.3 is 29.2 Å². The van der Waals surface area contributed by atoms with Gasteiger partial charge in [-0.05, 0) is 55.7 Å². The molecule has 198 valence electrons. The van der Waals surface area contributed by atoms with Crippen LogP contribution < -0.4 is 19.5 Å². The molecule has 1 N–H and O–H groups in total. The maximum Gasteiger partial charge on any atom is 0.240 e. The Morgan fingerprint density at radius 3 is 2.32 bits per heavy atom. The molecule has 6 rings (SSSR count). The summed E-state index contributed by atoms with van der Waals surface area (Å²) in [5, 5.41) is 3.74. The van der Waals surface area contributed by atoms with Crippen molar-refractivity contribution in [1.82, 2.24) is 9.88 Å². The molecule has 0 radical (unpaired) electrons. The van der Waals surface area contributed by atoms with Crippen LogP contribution in [0.5, 0.6) is 23.0 Å². The molecule has 2 atom stereocenters. The maximum absolute atomic E-state index is 13.4. The second-order valence-electron chi connectivity index (χ2n) is 10.4. The molecule has 2 aromatic carbocycles. The molecule has 9 heteroatoms. The fourth-order valence-corrected chi connectivity index (χ4v) is 5.61. The first-order valence-electron chi connectivity index (χ1n) is 13.0. The number of fused-ring (bicyclic) bond motifs is 3. The van der Waals surface area contributed by atoms with Crippen molar-refractivity contribution in [2.24, 2.45) is 17.3 Å². The van der Waals surface area contributed by atoms with Gasteiger partial charge in [0.1, 0.15) is 16.9 Å². The number of nitrogens with zero attached hydrogens (tertiary/aromatic N) is 2. The third-order valence-electron chi connectivity index (χ3n) is 7.76. The van der Waals surface area contributed by atoms with Gasteiger partial charge in [0.05, 0.1) is 33.0 Å². The molecule has 3 fully saturated rings. The highest BCUT2D eigenvalue weighted by molar-refractivity contribution is 6.13. The zero-order chi connectivity index (χ0) is 26.3. The van der Waals surface area contributed by atoms with Gasteiger partial charge in [0, 0.05) is 48.3 Å². The fourth-order valence-electron chi connectivity index (χ4n) is 5.61. The predicted molar refractivity (Wildman–Crippen MR) is 141 cm³/mol. The Balaban J connectivity index is 1.13.